The van der Waals surface area contributed by atoms with Crippen LogP contribution < -0.4 is 0 Å². The molecule has 0 aliphatic rings. The van der Waals surface area contributed by atoms with Crippen LogP contribution in [0.5, 0.6) is 0 Å². The van der Waals surface area contributed by atoms with Crippen molar-refractivity contribution in [1.82, 2.24) is 4.90 Å². The number of ether oxygens (including phenoxy) is 3. The van der Waals surface area contributed by atoms with E-state index in [-0.39, 0.29) is 31.9 Å². The van der Waals surface area contributed by atoms with Gasteiger partial charge in [0.15, 0.2) is 0 Å². The van der Waals surface area contributed by atoms with Gasteiger partial charge in [-0.15, -0.1) is 0 Å². The molecule has 0 bridgehead atoms. The van der Waals surface area contributed by atoms with Gasteiger partial charge in [0, 0.05) is 32.7 Å². The zero-order valence-electron chi connectivity index (χ0n) is 22.3. The molecule has 1 atom stereocenters. The monoisotopic (exact) mass is 489 g/mol. The van der Waals surface area contributed by atoms with Gasteiger partial charge in [0.25, 0.3) is 0 Å². The van der Waals surface area contributed by atoms with E-state index in [0.717, 1.165) is 45.3 Å². The van der Waals surface area contributed by atoms with Gasteiger partial charge in [0.2, 0.25) is 0 Å². The number of hydrogen-bond donors (Lipinski definition) is 2. The second kappa shape index (κ2) is 26.9. The number of esters is 1. The molecule has 2 N–H and O–H groups in total. The minimum absolute atomic E-state index is 0.0941. The van der Waals surface area contributed by atoms with Gasteiger partial charge in [-0.3, -0.25) is 9.69 Å². The van der Waals surface area contributed by atoms with Crippen molar-refractivity contribution in [3.8, 4) is 0 Å². The molecule has 0 amide bonds. The second-order valence-corrected chi connectivity index (χ2v) is 9.18. The third kappa shape index (κ3) is 23.0. The van der Waals surface area contributed by atoms with E-state index in [1.54, 1.807) is 0 Å². The quantitative estimate of drug-likeness (QED) is 0.127. The molecule has 204 valence electrons. The van der Waals surface area contributed by atoms with Crippen LogP contribution in [0.1, 0.15) is 104 Å². The summed E-state index contributed by atoms with van der Waals surface area (Å²) in [5.41, 5.74) is 0. The van der Waals surface area contributed by atoms with Crippen LogP contribution in [-0.2, 0) is 19.0 Å². The molecule has 0 rings (SSSR count). The Morgan fingerprint density at radius 1 is 0.706 bits per heavy atom. The van der Waals surface area contributed by atoms with Crippen molar-refractivity contribution in [3.63, 3.8) is 0 Å². The first kappa shape index (κ1) is 33.3. The first-order chi connectivity index (χ1) is 16.7. The average molecular weight is 490 g/mol. The molecule has 0 aromatic heterocycles. The van der Waals surface area contributed by atoms with Crippen LogP contribution in [0.3, 0.4) is 0 Å². The van der Waals surface area contributed by atoms with Crippen LogP contribution in [0.25, 0.3) is 0 Å². The van der Waals surface area contributed by atoms with Gasteiger partial charge in [0.05, 0.1) is 19.8 Å². The Labute approximate surface area is 209 Å². The Hall–Kier alpha value is -0.730. The molecule has 0 aliphatic carbocycles. The van der Waals surface area contributed by atoms with Crippen molar-refractivity contribution >= 4 is 5.97 Å². The summed E-state index contributed by atoms with van der Waals surface area (Å²) in [7, 11) is 0. The predicted molar refractivity (Wildman–Crippen MR) is 138 cm³/mol. The summed E-state index contributed by atoms with van der Waals surface area (Å²) >= 11 is 0. The highest BCUT2D eigenvalue weighted by Crippen LogP contribution is 2.08. The molecule has 0 aliphatic heterocycles. The lowest BCUT2D eigenvalue weighted by Gasteiger charge is -2.20. The van der Waals surface area contributed by atoms with Gasteiger partial charge in [-0.1, -0.05) is 71.6 Å². The normalized spacial score (nSPS) is 12.4. The van der Waals surface area contributed by atoms with E-state index in [2.05, 4.69) is 13.8 Å². The number of nitrogens with zero attached hydrogens (tertiary/aromatic N) is 1. The van der Waals surface area contributed by atoms with E-state index in [0.29, 0.717) is 32.7 Å². The number of carbonyl (C=O) groups is 1. The van der Waals surface area contributed by atoms with E-state index in [4.69, 9.17) is 24.4 Å². The Morgan fingerprint density at radius 2 is 1.29 bits per heavy atom. The SMILES string of the molecule is CCCCCCCOCC(COC(=O)CCCCCN(CCO)CCO)OCCCCCCC. The minimum atomic E-state index is -0.198. The number of unbranched alkanes of at least 4 members (excludes halogenated alkanes) is 10. The fraction of sp³-hybridized carbons (Fsp3) is 0.963. The maximum atomic E-state index is 12.2. The van der Waals surface area contributed by atoms with E-state index < -0.39 is 0 Å². The molecule has 0 aromatic rings. The molecule has 0 radical (unpaired) electrons. The fourth-order valence-corrected chi connectivity index (χ4v) is 3.78. The zero-order valence-corrected chi connectivity index (χ0v) is 22.3. The van der Waals surface area contributed by atoms with Crippen molar-refractivity contribution in [2.75, 3.05) is 59.3 Å². The Balaban J connectivity index is 4.08. The van der Waals surface area contributed by atoms with Crippen LogP contribution >= 0.6 is 0 Å². The summed E-state index contributed by atoms with van der Waals surface area (Å²) in [4.78, 5) is 14.2. The number of hydrogen-bond acceptors (Lipinski definition) is 7. The standard InChI is InChI=1S/C27H55NO6/c1-3-5-7-9-14-22-32-24-26(33-23-15-10-8-6-4-2)25-34-27(31)16-12-11-13-17-28(18-20-29)19-21-30/h26,29-30H,3-25H2,1-2H3. The largest absolute Gasteiger partial charge is 0.463 e. The smallest absolute Gasteiger partial charge is 0.305 e. The Bertz CT molecular complexity index is 418. The summed E-state index contributed by atoms with van der Waals surface area (Å²) in [6, 6.07) is 0. The van der Waals surface area contributed by atoms with Gasteiger partial charge in [-0.2, -0.15) is 0 Å². The van der Waals surface area contributed by atoms with E-state index in [9.17, 15) is 4.79 Å². The van der Waals surface area contributed by atoms with E-state index in [1.807, 2.05) is 4.90 Å². The number of aliphatic hydroxyl groups is 2. The molecule has 0 aromatic carbocycles. The lowest BCUT2D eigenvalue weighted by molar-refractivity contribution is -0.150. The van der Waals surface area contributed by atoms with Crippen molar-refractivity contribution in [3.05, 3.63) is 0 Å². The summed E-state index contributed by atoms with van der Waals surface area (Å²) < 4.78 is 17.3. The number of aliphatic hydroxyl groups excluding tert-OH is 2. The Morgan fingerprint density at radius 3 is 1.91 bits per heavy atom. The lowest BCUT2D eigenvalue weighted by Crippen LogP contribution is -2.30. The molecule has 0 spiro atoms. The van der Waals surface area contributed by atoms with Gasteiger partial charge >= 0.3 is 5.97 Å². The maximum absolute atomic E-state index is 12.2. The topological polar surface area (TPSA) is 88.5 Å². The molecule has 0 saturated heterocycles. The molecule has 34 heavy (non-hydrogen) atoms. The maximum Gasteiger partial charge on any atom is 0.305 e. The van der Waals surface area contributed by atoms with Gasteiger partial charge in [-0.25, -0.2) is 0 Å². The lowest BCUT2D eigenvalue weighted by atomic mass is 10.2. The number of carbonyl (C=O) groups excluding carboxylic acids is 1. The molecule has 7 nitrogen and oxygen atoms in total. The van der Waals surface area contributed by atoms with Gasteiger partial charge < -0.3 is 24.4 Å². The first-order valence-corrected chi connectivity index (χ1v) is 14.0. The van der Waals surface area contributed by atoms with Crippen LogP contribution in [0.4, 0.5) is 0 Å². The Kier molecular flexibility index (Phi) is 26.3. The predicted octanol–water partition coefficient (Wildman–Crippen LogP) is 4.72. The average Bonchev–Trinajstić information content (AvgIpc) is 2.83. The van der Waals surface area contributed by atoms with Crippen LogP contribution in [-0.4, -0.2) is 86.5 Å². The van der Waals surface area contributed by atoms with E-state index >= 15 is 0 Å². The van der Waals surface area contributed by atoms with Crippen molar-refractivity contribution in [1.29, 1.82) is 0 Å². The third-order valence-electron chi connectivity index (χ3n) is 5.92. The van der Waals surface area contributed by atoms with Gasteiger partial charge in [0.1, 0.15) is 12.7 Å². The van der Waals surface area contributed by atoms with Crippen LogP contribution in [0.2, 0.25) is 0 Å². The van der Waals surface area contributed by atoms with Crippen molar-refractivity contribution < 1.29 is 29.2 Å². The molecule has 0 saturated carbocycles. The minimum Gasteiger partial charge on any atom is -0.463 e. The fourth-order valence-electron chi connectivity index (χ4n) is 3.78. The van der Waals surface area contributed by atoms with Crippen molar-refractivity contribution in [2.24, 2.45) is 0 Å². The highest BCUT2D eigenvalue weighted by atomic mass is 16.6. The van der Waals surface area contributed by atoms with Gasteiger partial charge in [-0.05, 0) is 32.2 Å². The summed E-state index contributed by atoms with van der Waals surface area (Å²) in [6.07, 6.45) is 14.8. The summed E-state index contributed by atoms with van der Waals surface area (Å²) in [5, 5.41) is 18.1. The highest BCUT2D eigenvalue weighted by molar-refractivity contribution is 5.69. The van der Waals surface area contributed by atoms with Crippen LogP contribution in [0.15, 0.2) is 0 Å². The molecule has 7 heteroatoms. The zero-order chi connectivity index (χ0) is 25.1. The van der Waals surface area contributed by atoms with E-state index in [1.165, 1.54) is 51.4 Å². The molecule has 0 heterocycles. The molecule has 1 unspecified atom stereocenters. The highest BCUT2D eigenvalue weighted by Gasteiger charge is 2.13. The second-order valence-electron chi connectivity index (χ2n) is 9.18. The third-order valence-corrected chi connectivity index (χ3v) is 5.92. The summed E-state index contributed by atoms with van der Waals surface area (Å²) in [6.45, 7) is 8.73. The molecular formula is C27H55NO6. The molecule has 0 fully saturated rings. The molecular weight excluding hydrogens is 434 g/mol. The number of rotatable bonds is 27. The van der Waals surface area contributed by atoms with Crippen molar-refractivity contribution in [2.45, 2.75) is 110 Å². The summed E-state index contributed by atoms with van der Waals surface area (Å²) in [5.74, 6) is -0.182. The first-order valence-electron chi connectivity index (χ1n) is 14.0. The van der Waals surface area contributed by atoms with Crippen LogP contribution in [0, 0.1) is 0 Å².